The summed E-state index contributed by atoms with van der Waals surface area (Å²) in [7, 11) is 0. The third kappa shape index (κ3) is 4.33. The van der Waals surface area contributed by atoms with Gasteiger partial charge >= 0.3 is 0 Å². The second-order valence-electron chi connectivity index (χ2n) is 5.61. The highest BCUT2D eigenvalue weighted by atomic mass is 16.3. The van der Waals surface area contributed by atoms with Crippen molar-refractivity contribution in [3.05, 3.63) is 35.9 Å². The molecule has 1 N–H and O–H groups in total. The minimum Gasteiger partial charge on any atom is -0.388 e. The molecular formula is C17H24N2O. The molecule has 1 fully saturated rings. The second-order valence-corrected chi connectivity index (χ2v) is 5.61. The maximum Gasteiger partial charge on any atom is 0.0805 e. The molecule has 0 spiro atoms. The van der Waals surface area contributed by atoms with Gasteiger partial charge in [-0.1, -0.05) is 30.3 Å². The summed E-state index contributed by atoms with van der Waals surface area (Å²) in [6.07, 6.45) is 5.60. The zero-order valence-corrected chi connectivity index (χ0v) is 12.0. The van der Waals surface area contributed by atoms with Crippen LogP contribution >= 0.6 is 0 Å². The van der Waals surface area contributed by atoms with E-state index in [-0.39, 0.29) is 6.10 Å². The van der Waals surface area contributed by atoms with Gasteiger partial charge in [-0.05, 0) is 50.8 Å². The van der Waals surface area contributed by atoms with Crippen LogP contribution in [-0.2, 0) is 0 Å². The fourth-order valence-electron chi connectivity index (χ4n) is 3.04. The Morgan fingerprint density at radius 3 is 2.85 bits per heavy atom. The highest BCUT2D eigenvalue weighted by Gasteiger charge is 2.26. The van der Waals surface area contributed by atoms with E-state index in [1.54, 1.807) is 0 Å². The number of nitrogens with zero attached hydrogens (tertiary/aromatic N) is 2. The molecule has 108 valence electrons. The summed E-state index contributed by atoms with van der Waals surface area (Å²) in [5, 5.41) is 18.9. The predicted molar refractivity (Wildman–Crippen MR) is 80.1 cm³/mol. The van der Waals surface area contributed by atoms with E-state index in [4.69, 9.17) is 5.26 Å². The van der Waals surface area contributed by atoms with Crippen molar-refractivity contribution in [2.75, 3.05) is 13.1 Å². The molecule has 1 saturated heterocycles. The number of nitriles is 1. The number of hydrogen-bond acceptors (Lipinski definition) is 3. The van der Waals surface area contributed by atoms with Crippen LogP contribution in [0.2, 0.25) is 0 Å². The molecule has 0 aromatic heterocycles. The molecule has 1 heterocycles. The Labute approximate surface area is 121 Å². The quantitative estimate of drug-likeness (QED) is 0.775. The van der Waals surface area contributed by atoms with Crippen molar-refractivity contribution in [2.45, 2.75) is 50.7 Å². The molecule has 2 atom stereocenters. The Bertz CT molecular complexity index is 426. The fourth-order valence-corrected chi connectivity index (χ4v) is 3.04. The Hall–Kier alpha value is -1.37. The second kappa shape index (κ2) is 8.04. The van der Waals surface area contributed by atoms with Crippen molar-refractivity contribution < 1.29 is 5.11 Å². The summed E-state index contributed by atoms with van der Waals surface area (Å²) < 4.78 is 0. The van der Waals surface area contributed by atoms with Gasteiger partial charge in [0, 0.05) is 12.5 Å². The van der Waals surface area contributed by atoms with E-state index in [0.29, 0.717) is 12.5 Å². The Kier molecular flexibility index (Phi) is 6.04. The minimum absolute atomic E-state index is 0.360. The van der Waals surface area contributed by atoms with Gasteiger partial charge in [-0.25, -0.2) is 0 Å². The van der Waals surface area contributed by atoms with E-state index in [0.717, 1.165) is 37.9 Å². The van der Waals surface area contributed by atoms with Crippen molar-refractivity contribution in [1.29, 1.82) is 5.26 Å². The highest BCUT2D eigenvalue weighted by Crippen LogP contribution is 2.27. The third-order valence-corrected chi connectivity index (χ3v) is 4.16. The van der Waals surface area contributed by atoms with Gasteiger partial charge < -0.3 is 10.0 Å². The van der Waals surface area contributed by atoms with Crippen LogP contribution in [0, 0.1) is 11.3 Å². The lowest BCUT2D eigenvalue weighted by molar-refractivity contribution is 0.120. The zero-order chi connectivity index (χ0) is 14.2. The Balaban J connectivity index is 1.80. The molecule has 0 bridgehead atoms. The summed E-state index contributed by atoms with van der Waals surface area (Å²) in [5.41, 5.74) is 1.02. The molecule has 3 heteroatoms. The van der Waals surface area contributed by atoms with Gasteiger partial charge in [0.2, 0.25) is 0 Å². The predicted octanol–water partition coefficient (Wildman–Crippen LogP) is 3.27. The van der Waals surface area contributed by atoms with Gasteiger partial charge in [0.05, 0.1) is 12.2 Å². The normalized spacial score (nSPS) is 20.7. The third-order valence-electron chi connectivity index (χ3n) is 4.16. The van der Waals surface area contributed by atoms with Crippen LogP contribution in [0.4, 0.5) is 0 Å². The van der Waals surface area contributed by atoms with E-state index < -0.39 is 0 Å². The smallest absolute Gasteiger partial charge is 0.0805 e. The van der Waals surface area contributed by atoms with Crippen molar-refractivity contribution in [3.8, 4) is 6.07 Å². The molecule has 3 nitrogen and oxygen atoms in total. The maximum atomic E-state index is 10.3. The van der Waals surface area contributed by atoms with Crippen LogP contribution < -0.4 is 0 Å². The van der Waals surface area contributed by atoms with Crippen LogP contribution in [0.5, 0.6) is 0 Å². The van der Waals surface area contributed by atoms with Gasteiger partial charge in [-0.15, -0.1) is 0 Å². The number of hydrogen-bond donors (Lipinski definition) is 1. The van der Waals surface area contributed by atoms with Crippen LogP contribution in [0.3, 0.4) is 0 Å². The average Bonchev–Trinajstić information content (AvgIpc) is 2.92. The van der Waals surface area contributed by atoms with Crippen LogP contribution in [0.15, 0.2) is 30.3 Å². The molecule has 1 aliphatic rings. The SMILES string of the molecule is N#CCCCCN1CCCC1CC(O)c1ccccc1. The lowest BCUT2D eigenvalue weighted by Crippen LogP contribution is -2.31. The van der Waals surface area contributed by atoms with Gasteiger partial charge in [-0.2, -0.15) is 5.26 Å². The largest absolute Gasteiger partial charge is 0.388 e. The monoisotopic (exact) mass is 272 g/mol. The molecule has 1 aromatic carbocycles. The number of unbranched alkanes of at least 4 members (excludes halogenated alkanes) is 2. The van der Waals surface area contributed by atoms with Gasteiger partial charge in [0.15, 0.2) is 0 Å². The first-order valence-electron chi connectivity index (χ1n) is 7.65. The standard InChI is InChI=1S/C17H24N2O/c18-11-5-2-6-12-19-13-7-10-16(19)14-17(20)15-8-3-1-4-9-15/h1,3-4,8-9,16-17,20H,2,5-7,10,12-14H2. The molecular weight excluding hydrogens is 248 g/mol. The topological polar surface area (TPSA) is 47.3 Å². The van der Waals surface area contributed by atoms with E-state index in [1.165, 1.54) is 12.8 Å². The molecule has 0 saturated carbocycles. The number of likely N-dealkylation sites (tertiary alicyclic amines) is 1. The first-order chi connectivity index (χ1) is 9.81. The lowest BCUT2D eigenvalue weighted by atomic mass is 10.0. The van der Waals surface area contributed by atoms with E-state index >= 15 is 0 Å². The first kappa shape index (κ1) is 15.0. The summed E-state index contributed by atoms with van der Waals surface area (Å²) in [6.45, 7) is 2.20. The van der Waals surface area contributed by atoms with Crippen molar-refractivity contribution in [1.82, 2.24) is 4.90 Å². The molecule has 2 rings (SSSR count). The van der Waals surface area contributed by atoms with Gasteiger partial charge in [0.25, 0.3) is 0 Å². The average molecular weight is 272 g/mol. The molecule has 2 unspecified atom stereocenters. The highest BCUT2D eigenvalue weighted by molar-refractivity contribution is 5.17. The summed E-state index contributed by atoms with van der Waals surface area (Å²) in [4.78, 5) is 2.49. The van der Waals surface area contributed by atoms with Crippen LogP contribution in [0.25, 0.3) is 0 Å². The van der Waals surface area contributed by atoms with Gasteiger partial charge in [0.1, 0.15) is 0 Å². The van der Waals surface area contributed by atoms with Gasteiger partial charge in [-0.3, -0.25) is 0 Å². The molecule has 1 aromatic rings. The number of rotatable bonds is 7. The number of benzene rings is 1. The van der Waals surface area contributed by atoms with Crippen molar-refractivity contribution >= 4 is 0 Å². The Morgan fingerprint density at radius 1 is 1.30 bits per heavy atom. The summed E-state index contributed by atoms with van der Waals surface area (Å²) in [5.74, 6) is 0. The minimum atomic E-state index is -0.360. The maximum absolute atomic E-state index is 10.3. The van der Waals surface area contributed by atoms with E-state index in [9.17, 15) is 5.11 Å². The van der Waals surface area contributed by atoms with Crippen molar-refractivity contribution in [3.63, 3.8) is 0 Å². The number of aliphatic hydroxyl groups is 1. The lowest BCUT2D eigenvalue weighted by Gasteiger charge is -2.26. The summed E-state index contributed by atoms with van der Waals surface area (Å²) in [6, 6.07) is 12.6. The Morgan fingerprint density at radius 2 is 2.10 bits per heavy atom. The van der Waals surface area contributed by atoms with E-state index in [1.807, 2.05) is 30.3 Å². The first-order valence-corrected chi connectivity index (χ1v) is 7.65. The molecule has 0 amide bonds. The zero-order valence-electron chi connectivity index (χ0n) is 12.0. The number of aliphatic hydroxyl groups excluding tert-OH is 1. The van der Waals surface area contributed by atoms with Crippen molar-refractivity contribution in [2.24, 2.45) is 0 Å². The van der Waals surface area contributed by atoms with E-state index in [2.05, 4.69) is 11.0 Å². The molecule has 0 radical (unpaired) electrons. The fraction of sp³-hybridized carbons (Fsp3) is 0.588. The van der Waals surface area contributed by atoms with Crippen LogP contribution in [0.1, 0.15) is 50.2 Å². The molecule has 20 heavy (non-hydrogen) atoms. The van der Waals surface area contributed by atoms with Crippen LogP contribution in [-0.4, -0.2) is 29.1 Å². The molecule has 1 aliphatic heterocycles. The molecule has 0 aliphatic carbocycles. The summed E-state index contributed by atoms with van der Waals surface area (Å²) >= 11 is 0.